The second kappa shape index (κ2) is 11.6. The van der Waals surface area contributed by atoms with Gasteiger partial charge in [0, 0.05) is 36.7 Å². The van der Waals surface area contributed by atoms with Crippen LogP contribution < -0.4 is 15.3 Å². The molecular formula is C48H31N3S. The summed E-state index contributed by atoms with van der Waals surface area (Å²) in [6.07, 6.45) is 3.25. The van der Waals surface area contributed by atoms with E-state index < -0.39 is 0 Å². The van der Waals surface area contributed by atoms with Crippen molar-refractivity contribution in [2.45, 2.75) is 12.5 Å². The fraction of sp³-hybridized carbons (Fsp3) is 0.0417. The predicted molar refractivity (Wildman–Crippen MR) is 218 cm³/mol. The average Bonchev–Trinajstić information content (AvgIpc) is 3.76. The van der Waals surface area contributed by atoms with E-state index in [2.05, 4.69) is 175 Å². The molecule has 1 aliphatic carbocycles. The van der Waals surface area contributed by atoms with Gasteiger partial charge in [0.15, 0.2) is 0 Å². The monoisotopic (exact) mass is 681 g/mol. The Labute approximate surface area is 305 Å². The topological polar surface area (TPSA) is 29.0 Å². The van der Waals surface area contributed by atoms with Crippen molar-refractivity contribution in [2.24, 2.45) is 0 Å². The standard InChI is InChI=1S/C48H31N3S/c1-2-10-30(11-3-1)31-18-20-33(21-19-31)47-38-15-6-8-16-41(38)49-48(50-47)51-42-25-23-34(29-40(42)46-36-13-5-4-12-32(36)22-26-43(46)51)35-24-27-45-39(28-35)37-14-7-9-17-44(37)52-45/h1-25,27-29,43H,26H2. The molecule has 0 radical (unpaired) electrons. The number of nitrogens with zero attached hydrogens (tertiary/aromatic N) is 3. The molecule has 2 aliphatic rings. The van der Waals surface area contributed by atoms with E-state index in [4.69, 9.17) is 9.97 Å². The minimum absolute atomic E-state index is 0.0814. The number of fused-ring (bicyclic) bond motifs is 8. The summed E-state index contributed by atoms with van der Waals surface area (Å²) in [4.78, 5) is 13.1. The van der Waals surface area contributed by atoms with Crippen molar-refractivity contribution in [2.75, 3.05) is 4.90 Å². The number of rotatable bonds is 4. The van der Waals surface area contributed by atoms with E-state index in [9.17, 15) is 0 Å². The van der Waals surface area contributed by atoms with Crippen molar-refractivity contribution in [3.63, 3.8) is 0 Å². The lowest BCUT2D eigenvalue weighted by molar-refractivity contribution is 0.818. The van der Waals surface area contributed by atoms with Gasteiger partial charge in [0.2, 0.25) is 5.95 Å². The number of hydrogen-bond acceptors (Lipinski definition) is 4. The summed E-state index contributed by atoms with van der Waals surface area (Å²) >= 11 is 1.86. The minimum atomic E-state index is 0.0814. The summed E-state index contributed by atoms with van der Waals surface area (Å²) in [5.41, 5.74) is 11.6. The number of aromatic nitrogens is 2. The Hall–Kier alpha value is -6.36. The summed E-state index contributed by atoms with van der Waals surface area (Å²) in [5.74, 6) is 0.730. The lowest BCUT2D eigenvalue weighted by atomic mass is 9.91. The van der Waals surface area contributed by atoms with Gasteiger partial charge in [-0.15, -0.1) is 11.3 Å². The van der Waals surface area contributed by atoms with Crippen LogP contribution in [0.3, 0.4) is 0 Å². The van der Waals surface area contributed by atoms with Crippen LogP contribution in [0.5, 0.6) is 0 Å². The van der Waals surface area contributed by atoms with Crippen molar-refractivity contribution >= 4 is 65.7 Å². The maximum atomic E-state index is 5.43. The van der Waals surface area contributed by atoms with Crippen LogP contribution in [0, 0.1) is 0 Å². The Kier molecular flexibility index (Phi) is 6.55. The molecule has 0 fully saturated rings. The molecule has 0 saturated heterocycles. The maximum Gasteiger partial charge on any atom is 0.231 e. The summed E-state index contributed by atoms with van der Waals surface area (Å²) in [7, 11) is 0. The fourth-order valence-electron chi connectivity index (χ4n) is 8.32. The largest absolute Gasteiger partial charge is 0.302 e. The van der Waals surface area contributed by atoms with Crippen LogP contribution in [0.15, 0.2) is 164 Å². The predicted octanol–water partition coefficient (Wildman–Crippen LogP) is 10.9. The molecule has 0 saturated carbocycles. The number of hydrogen-bond donors (Lipinski definition) is 0. The quantitative estimate of drug-likeness (QED) is 0.185. The van der Waals surface area contributed by atoms with E-state index in [-0.39, 0.29) is 6.04 Å². The molecule has 9 aromatic rings. The summed E-state index contributed by atoms with van der Waals surface area (Å²) in [6.45, 7) is 0. The number of para-hydroxylation sites is 1. The maximum absolute atomic E-state index is 5.43. The van der Waals surface area contributed by atoms with Gasteiger partial charge in [-0.25, -0.2) is 9.97 Å². The smallest absolute Gasteiger partial charge is 0.231 e. The van der Waals surface area contributed by atoms with E-state index in [1.54, 1.807) is 0 Å². The van der Waals surface area contributed by atoms with Crippen molar-refractivity contribution in [3.05, 3.63) is 180 Å². The first kappa shape index (κ1) is 29.4. The highest BCUT2D eigenvalue weighted by molar-refractivity contribution is 7.25. The third-order valence-corrected chi connectivity index (χ3v) is 11.9. The van der Waals surface area contributed by atoms with Gasteiger partial charge in [-0.2, -0.15) is 0 Å². The lowest BCUT2D eigenvalue weighted by Crippen LogP contribution is -2.38. The van der Waals surface area contributed by atoms with Crippen LogP contribution in [-0.2, 0) is 0 Å². The molecule has 0 N–H and O–H groups in total. The van der Waals surface area contributed by atoms with Crippen LogP contribution in [0.1, 0.15) is 12.0 Å². The summed E-state index contributed by atoms with van der Waals surface area (Å²) < 4.78 is 2.65. The van der Waals surface area contributed by atoms with Crippen LogP contribution in [0.4, 0.5) is 11.6 Å². The molecule has 0 spiro atoms. The summed E-state index contributed by atoms with van der Waals surface area (Å²) in [5, 5.41) is 6.27. The van der Waals surface area contributed by atoms with Crippen LogP contribution in [0.2, 0.25) is 0 Å². The highest BCUT2D eigenvalue weighted by atomic mass is 32.1. The van der Waals surface area contributed by atoms with Crippen molar-refractivity contribution in [1.29, 1.82) is 0 Å². The summed E-state index contributed by atoms with van der Waals surface area (Å²) in [6, 6.07) is 59.2. The average molecular weight is 682 g/mol. The number of benzene rings is 7. The van der Waals surface area contributed by atoms with E-state index in [1.807, 2.05) is 11.3 Å². The van der Waals surface area contributed by atoms with E-state index >= 15 is 0 Å². The van der Waals surface area contributed by atoms with E-state index in [1.165, 1.54) is 64.0 Å². The highest BCUT2D eigenvalue weighted by Crippen LogP contribution is 2.47. The first-order valence-electron chi connectivity index (χ1n) is 17.8. The lowest BCUT2D eigenvalue weighted by Gasteiger charge is -2.27. The van der Waals surface area contributed by atoms with E-state index in [0.717, 1.165) is 40.2 Å². The van der Waals surface area contributed by atoms with Gasteiger partial charge < -0.3 is 4.90 Å². The molecule has 1 aliphatic heterocycles. The minimum Gasteiger partial charge on any atom is -0.302 e. The molecule has 7 aromatic carbocycles. The second-order valence-electron chi connectivity index (χ2n) is 13.7. The molecule has 0 bridgehead atoms. The zero-order chi connectivity index (χ0) is 34.2. The van der Waals surface area contributed by atoms with Crippen LogP contribution >= 0.6 is 11.3 Å². The molecule has 2 aromatic heterocycles. The van der Waals surface area contributed by atoms with Crippen molar-refractivity contribution in [3.8, 4) is 33.5 Å². The van der Waals surface area contributed by atoms with Gasteiger partial charge in [0.05, 0.1) is 22.9 Å². The molecular weight excluding hydrogens is 651 g/mol. The molecule has 3 nitrogen and oxygen atoms in total. The first-order valence-corrected chi connectivity index (χ1v) is 18.7. The molecule has 3 heterocycles. The SMILES string of the molecule is C1=c2ccccc2=C2c3cc(-c4ccc5sc6ccccc6c5c4)ccc3N(c3nc(-c4ccc(-c5ccccc5)cc4)c4ccccc4n3)C2C1. The first-order chi connectivity index (χ1) is 25.8. The Bertz CT molecular complexity index is 3000. The van der Waals surface area contributed by atoms with Gasteiger partial charge in [-0.05, 0) is 81.1 Å². The Morgan fingerprint density at radius 1 is 0.519 bits per heavy atom. The molecule has 4 heteroatoms. The molecule has 1 atom stereocenters. The highest BCUT2D eigenvalue weighted by Gasteiger charge is 2.38. The molecule has 0 amide bonds. The molecule has 52 heavy (non-hydrogen) atoms. The zero-order valence-electron chi connectivity index (χ0n) is 28.2. The van der Waals surface area contributed by atoms with Gasteiger partial charge >= 0.3 is 0 Å². The van der Waals surface area contributed by atoms with Gasteiger partial charge in [-0.1, -0.05) is 133 Å². The Morgan fingerprint density at radius 3 is 2.10 bits per heavy atom. The molecule has 244 valence electrons. The van der Waals surface area contributed by atoms with Crippen molar-refractivity contribution in [1.82, 2.24) is 9.97 Å². The normalized spacial score (nSPS) is 14.7. The third-order valence-electron chi connectivity index (χ3n) is 10.8. The zero-order valence-corrected chi connectivity index (χ0v) is 29.0. The Balaban J connectivity index is 1.09. The van der Waals surface area contributed by atoms with E-state index in [0.29, 0.717) is 0 Å². The fourth-order valence-corrected chi connectivity index (χ4v) is 9.41. The van der Waals surface area contributed by atoms with Gasteiger partial charge in [0.1, 0.15) is 0 Å². The Morgan fingerprint density at radius 2 is 1.19 bits per heavy atom. The third kappa shape index (κ3) is 4.58. The van der Waals surface area contributed by atoms with Crippen LogP contribution in [-0.4, -0.2) is 16.0 Å². The molecule has 11 rings (SSSR count). The van der Waals surface area contributed by atoms with Gasteiger partial charge in [0.25, 0.3) is 0 Å². The van der Waals surface area contributed by atoms with Crippen molar-refractivity contribution < 1.29 is 0 Å². The molecule has 1 unspecified atom stereocenters. The van der Waals surface area contributed by atoms with Gasteiger partial charge in [-0.3, -0.25) is 0 Å². The number of anilines is 2. The number of thiophene rings is 1. The van der Waals surface area contributed by atoms with Crippen LogP contribution in [0.25, 0.3) is 76.2 Å². The second-order valence-corrected chi connectivity index (χ2v) is 14.8.